The molecule has 1 aromatic rings. The molecule has 0 aromatic heterocycles. The van der Waals surface area contributed by atoms with Crippen molar-refractivity contribution in [2.45, 2.75) is 71.6 Å². The Morgan fingerprint density at radius 3 is 2.35 bits per heavy atom. The summed E-state index contributed by atoms with van der Waals surface area (Å²) in [5.41, 5.74) is 2.47. The zero-order valence-corrected chi connectivity index (χ0v) is 16.5. The lowest BCUT2D eigenvalue weighted by atomic mass is 10.1. The van der Waals surface area contributed by atoms with E-state index in [2.05, 4.69) is 17.7 Å². The van der Waals surface area contributed by atoms with Gasteiger partial charge in [-0.15, -0.1) is 0 Å². The molecule has 2 unspecified atom stereocenters. The Balaban J connectivity index is 2.74. The van der Waals surface area contributed by atoms with E-state index in [1.807, 2.05) is 26.8 Å². The van der Waals surface area contributed by atoms with Gasteiger partial charge in [-0.1, -0.05) is 38.0 Å². The summed E-state index contributed by atoms with van der Waals surface area (Å²) in [5.74, 6) is -0.761. The highest BCUT2D eigenvalue weighted by molar-refractivity contribution is 5.97. The van der Waals surface area contributed by atoms with E-state index < -0.39 is 23.7 Å². The van der Waals surface area contributed by atoms with Crippen molar-refractivity contribution in [1.29, 1.82) is 0 Å². The number of hydrogen-bond acceptors (Lipinski definition) is 4. The minimum absolute atomic E-state index is 0.332. The molecule has 0 aliphatic heterocycles. The summed E-state index contributed by atoms with van der Waals surface area (Å²) in [7, 11) is 0. The van der Waals surface area contributed by atoms with Crippen LogP contribution in [0.4, 0.5) is 0 Å². The molecule has 6 heteroatoms. The van der Waals surface area contributed by atoms with E-state index in [-0.39, 0.29) is 5.91 Å². The summed E-state index contributed by atoms with van der Waals surface area (Å²) in [5, 5.41) is 2.75. The van der Waals surface area contributed by atoms with Crippen LogP contribution in [0.25, 0.3) is 0 Å². The lowest BCUT2D eigenvalue weighted by molar-refractivity contribution is -0.143. The number of unbranched alkanes of at least 4 members (excludes halogenated alkanes) is 2. The maximum atomic E-state index is 12.5. The quantitative estimate of drug-likeness (QED) is 0.494. The van der Waals surface area contributed by atoms with Gasteiger partial charge in [0.25, 0.3) is 11.8 Å². The van der Waals surface area contributed by atoms with Gasteiger partial charge >= 0.3 is 0 Å². The fraction of sp³-hybridized carbons (Fsp3) is 0.600. The van der Waals surface area contributed by atoms with Crippen LogP contribution in [-0.4, -0.2) is 36.2 Å². The summed E-state index contributed by atoms with van der Waals surface area (Å²) in [6.45, 7) is 10.0. The zero-order chi connectivity index (χ0) is 19.6. The molecular weight excluding hydrogens is 332 g/mol. The molecule has 0 heterocycles. The minimum atomic E-state index is -0.867. The monoisotopic (exact) mass is 364 g/mol. The molecule has 2 atom stereocenters. The number of benzene rings is 1. The van der Waals surface area contributed by atoms with Gasteiger partial charge in [-0.2, -0.15) is 0 Å². The molecular formula is C20H32N2O4. The SMILES string of the molecule is CCCCCONC(=O)C(NC(=O)c1ccccc1)C(C)OC(C)(C)C. The van der Waals surface area contributed by atoms with Crippen molar-refractivity contribution >= 4 is 11.8 Å². The summed E-state index contributed by atoms with van der Waals surface area (Å²) in [6.07, 6.45) is 2.45. The Kier molecular flexibility index (Phi) is 9.30. The van der Waals surface area contributed by atoms with Gasteiger partial charge in [0, 0.05) is 5.56 Å². The first-order valence-electron chi connectivity index (χ1n) is 9.20. The second-order valence-corrected chi connectivity index (χ2v) is 7.27. The fourth-order valence-electron chi connectivity index (χ4n) is 2.45. The molecule has 0 fully saturated rings. The van der Waals surface area contributed by atoms with E-state index >= 15 is 0 Å². The third kappa shape index (κ3) is 8.45. The highest BCUT2D eigenvalue weighted by Crippen LogP contribution is 2.14. The fourth-order valence-corrected chi connectivity index (χ4v) is 2.45. The number of carbonyl (C=O) groups excluding carboxylic acids is 2. The summed E-state index contributed by atoms with van der Waals surface area (Å²) < 4.78 is 5.87. The molecule has 6 nitrogen and oxygen atoms in total. The number of nitrogens with one attached hydrogen (secondary N) is 2. The van der Waals surface area contributed by atoms with E-state index in [0.29, 0.717) is 12.2 Å². The van der Waals surface area contributed by atoms with Crippen LogP contribution in [0.1, 0.15) is 64.2 Å². The Morgan fingerprint density at radius 2 is 1.77 bits per heavy atom. The molecule has 0 aliphatic carbocycles. The number of ether oxygens (including phenoxy) is 1. The molecule has 0 spiro atoms. The zero-order valence-electron chi connectivity index (χ0n) is 16.5. The van der Waals surface area contributed by atoms with Gasteiger partial charge in [0.05, 0.1) is 18.3 Å². The number of carbonyl (C=O) groups is 2. The molecule has 2 N–H and O–H groups in total. The maximum absolute atomic E-state index is 12.5. The predicted octanol–water partition coefficient (Wildman–Crippen LogP) is 3.23. The van der Waals surface area contributed by atoms with Gasteiger partial charge in [0.15, 0.2) is 0 Å². The lowest BCUT2D eigenvalue weighted by Crippen LogP contribution is -2.54. The van der Waals surface area contributed by atoms with Crippen LogP contribution < -0.4 is 10.8 Å². The maximum Gasteiger partial charge on any atom is 0.268 e. The van der Waals surface area contributed by atoms with Gasteiger partial charge in [-0.05, 0) is 46.2 Å². The average molecular weight is 364 g/mol. The number of hydrogen-bond donors (Lipinski definition) is 2. The van der Waals surface area contributed by atoms with Gasteiger partial charge in [-0.25, -0.2) is 5.48 Å². The molecule has 0 saturated heterocycles. The normalized spacial score (nSPS) is 13.7. The first kappa shape index (κ1) is 22.1. The first-order chi connectivity index (χ1) is 12.2. The molecule has 1 rings (SSSR count). The van der Waals surface area contributed by atoms with E-state index in [0.717, 1.165) is 19.3 Å². The second-order valence-electron chi connectivity index (χ2n) is 7.27. The van der Waals surface area contributed by atoms with Crippen molar-refractivity contribution in [3.8, 4) is 0 Å². The first-order valence-corrected chi connectivity index (χ1v) is 9.20. The van der Waals surface area contributed by atoms with Gasteiger partial charge in [0.1, 0.15) is 6.04 Å². The van der Waals surface area contributed by atoms with E-state index in [9.17, 15) is 9.59 Å². The van der Waals surface area contributed by atoms with Crippen molar-refractivity contribution in [2.75, 3.05) is 6.61 Å². The van der Waals surface area contributed by atoms with Crippen LogP contribution in [0.5, 0.6) is 0 Å². The van der Waals surface area contributed by atoms with Gasteiger partial charge in [0.2, 0.25) is 0 Å². The van der Waals surface area contributed by atoms with Crippen LogP contribution in [0.15, 0.2) is 30.3 Å². The van der Waals surface area contributed by atoms with Gasteiger partial charge in [-0.3, -0.25) is 14.4 Å². The largest absolute Gasteiger partial charge is 0.370 e. The number of rotatable bonds is 10. The van der Waals surface area contributed by atoms with Crippen molar-refractivity contribution in [2.24, 2.45) is 0 Å². The van der Waals surface area contributed by atoms with E-state index in [4.69, 9.17) is 9.57 Å². The summed E-state index contributed by atoms with van der Waals surface area (Å²) in [4.78, 5) is 30.2. The third-order valence-electron chi connectivity index (χ3n) is 3.64. The van der Waals surface area contributed by atoms with Crippen LogP contribution >= 0.6 is 0 Å². The van der Waals surface area contributed by atoms with Crippen molar-refractivity contribution < 1.29 is 19.2 Å². The van der Waals surface area contributed by atoms with Crippen LogP contribution in [0.2, 0.25) is 0 Å². The van der Waals surface area contributed by atoms with Crippen molar-refractivity contribution in [3.63, 3.8) is 0 Å². The minimum Gasteiger partial charge on any atom is -0.370 e. The highest BCUT2D eigenvalue weighted by Gasteiger charge is 2.31. The number of hydroxylamine groups is 1. The lowest BCUT2D eigenvalue weighted by Gasteiger charge is -2.30. The molecule has 0 radical (unpaired) electrons. The third-order valence-corrected chi connectivity index (χ3v) is 3.64. The summed E-state index contributed by atoms with van der Waals surface area (Å²) >= 11 is 0. The van der Waals surface area contributed by atoms with Crippen molar-refractivity contribution in [3.05, 3.63) is 35.9 Å². The molecule has 2 amide bonds. The molecule has 0 bridgehead atoms. The molecule has 146 valence electrons. The Morgan fingerprint density at radius 1 is 1.12 bits per heavy atom. The number of amides is 2. The average Bonchev–Trinajstić information content (AvgIpc) is 2.58. The molecule has 0 saturated carbocycles. The predicted molar refractivity (Wildman–Crippen MR) is 102 cm³/mol. The van der Waals surface area contributed by atoms with Gasteiger partial charge < -0.3 is 10.1 Å². The van der Waals surface area contributed by atoms with E-state index in [1.54, 1.807) is 31.2 Å². The van der Waals surface area contributed by atoms with E-state index in [1.165, 1.54) is 0 Å². The molecule has 26 heavy (non-hydrogen) atoms. The Hall–Kier alpha value is -1.92. The molecule has 0 aliphatic rings. The topological polar surface area (TPSA) is 76.7 Å². The summed E-state index contributed by atoms with van der Waals surface area (Å²) in [6, 6.07) is 7.90. The standard InChI is InChI=1S/C20H32N2O4/c1-6-7-11-14-25-22-19(24)17(15(2)26-20(3,4)5)21-18(23)16-12-9-8-10-13-16/h8-10,12-13,15,17H,6-7,11,14H2,1-5H3,(H,21,23)(H,22,24). The van der Waals surface area contributed by atoms with Crippen LogP contribution in [-0.2, 0) is 14.4 Å². The van der Waals surface area contributed by atoms with Crippen LogP contribution in [0, 0.1) is 0 Å². The Labute approximate surface area is 156 Å². The smallest absolute Gasteiger partial charge is 0.268 e. The Bertz CT molecular complexity index is 555. The van der Waals surface area contributed by atoms with Crippen LogP contribution in [0.3, 0.4) is 0 Å². The molecule has 1 aromatic carbocycles. The van der Waals surface area contributed by atoms with Crippen molar-refractivity contribution in [1.82, 2.24) is 10.8 Å². The second kappa shape index (κ2) is 10.9. The highest BCUT2D eigenvalue weighted by atomic mass is 16.7.